The van der Waals surface area contributed by atoms with Gasteiger partial charge in [-0.15, -0.1) is 0 Å². The van der Waals surface area contributed by atoms with Gasteiger partial charge in [0.2, 0.25) is 5.91 Å². The zero-order valence-corrected chi connectivity index (χ0v) is 12.9. The van der Waals surface area contributed by atoms with E-state index in [4.69, 9.17) is 9.47 Å². The minimum Gasteiger partial charge on any atom is -0.486 e. The quantitative estimate of drug-likeness (QED) is 0.840. The first-order valence-electron chi connectivity index (χ1n) is 8.24. The maximum atomic E-state index is 12.1. The Hall–Kier alpha value is -1.91. The number of nitrogens with one attached hydrogen (secondary N) is 2. The monoisotopic (exact) mass is 304 g/mol. The lowest BCUT2D eigenvalue weighted by molar-refractivity contribution is -0.120. The van der Waals surface area contributed by atoms with Gasteiger partial charge < -0.3 is 20.1 Å². The van der Waals surface area contributed by atoms with Crippen molar-refractivity contribution in [1.29, 1.82) is 0 Å². The van der Waals surface area contributed by atoms with Crippen molar-refractivity contribution in [3.63, 3.8) is 0 Å². The molecule has 3 rings (SSSR count). The Morgan fingerprint density at radius 1 is 1.05 bits per heavy atom. The molecule has 0 atom stereocenters. The summed E-state index contributed by atoms with van der Waals surface area (Å²) in [5.74, 6) is 1.56. The van der Waals surface area contributed by atoms with E-state index in [2.05, 4.69) is 10.6 Å². The van der Waals surface area contributed by atoms with Gasteiger partial charge in [-0.25, -0.2) is 0 Å². The number of anilines is 1. The number of fused-ring (bicyclic) bond motifs is 1. The predicted octanol–water partition coefficient (Wildman–Crippen LogP) is 2.71. The number of carbonyl (C=O) groups is 1. The van der Waals surface area contributed by atoms with Crippen LogP contribution in [0.3, 0.4) is 0 Å². The molecule has 0 unspecified atom stereocenters. The Balaban J connectivity index is 1.48. The summed E-state index contributed by atoms with van der Waals surface area (Å²) >= 11 is 0. The smallest absolute Gasteiger partial charge is 0.239 e. The Bertz CT molecular complexity index is 511. The third kappa shape index (κ3) is 4.06. The molecule has 2 aliphatic rings. The van der Waals surface area contributed by atoms with Crippen LogP contribution >= 0.6 is 0 Å². The van der Waals surface area contributed by atoms with Crippen LogP contribution in [0, 0.1) is 0 Å². The first-order chi connectivity index (χ1) is 10.8. The van der Waals surface area contributed by atoms with E-state index >= 15 is 0 Å². The van der Waals surface area contributed by atoms with Gasteiger partial charge in [-0.3, -0.25) is 4.79 Å². The summed E-state index contributed by atoms with van der Waals surface area (Å²) in [7, 11) is 0. The third-order valence-corrected chi connectivity index (χ3v) is 4.22. The van der Waals surface area contributed by atoms with E-state index in [9.17, 15) is 4.79 Å². The summed E-state index contributed by atoms with van der Waals surface area (Å²) in [5, 5.41) is 6.29. The van der Waals surface area contributed by atoms with Gasteiger partial charge in [0.05, 0.1) is 6.54 Å². The minimum absolute atomic E-state index is 0.0572. The maximum Gasteiger partial charge on any atom is 0.239 e. The van der Waals surface area contributed by atoms with Crippen molar-refractivity contribution in [2.24, 2.45) is 0 Å². The molecule has 0 aromatic heterocycles. The van der Waals surface area contributed by atoms with Crippen molar-refractivity contribution in [3.05, 3.63) is 18.2 Å². The molecule has 0 saturated heterocycles. The minimum atomic E-state index is 0.0572. The van der Waals surface area contributed by atoms with Gasteiger partial charge in [0.25, 0.3) is 0 Å². The summed E-state index contributed by atoms with van der Waals surface area (Å²) in [6.07, 6.45) is 7.25. The molecule has 5 heteroatoms. The average molecular weight is 304 g/mol. The molecule has 22 heavy (non-hydrogen) atoms. The van der Waals surface area contributed by atoms with Gasteiger partial charge in [-0.2, -0.15) is 0 Å². The van der Waals surface area contributed by atoms with Gasteiger partial charge in [0.1, 0.15) is 13.2 Å². The number of hydrogen-bond acceptors (Lipinski definition) is 4. The summed E-state index contributed by atoms with van der Waals surface area (Å²) in [4.78, 5) is 12.1. The SMILES string of the molecule is O=C(CNc1ccc2c(c1)OCCO2)NC1CCCCCC1. The van der Waals surface area contributed by atoms with Crippen molar-refractivity contribution in [2.75, 3.05) is 25.1 Å². The summed E-state index contributed by atoms with van der Waals surface area (Å²) in [6, 6.07) is 6.01. The van der Waals surface area contributed by atoms with Crippen LogP contribution in [0.15, 0.2) is 18.2 Å². The van der Waals surface area contributed by atoms with E-state index in [0.29, 0.717) is 19.3 Å². The fraction of sp³-hybridized carbons (Fsp3) is 0.588. The molecule has 5 nitrogen and oxygen atoms in total. The molecule has 1 aliphatic carbocycles. The second kappa shape index (κ2) is 7.38. The maximum absolute atomic E-state index is 12.1. The lowest BCUT2D eigenvalue weighted by Gasteiger charge is -2.19. The molecule has 1 amide bonds. The van der Waals surface area contributed by atoms with Crippen molar-refractivity contribution in [2.45, 2.75) is 44.6 Å². The van der Waals surface area contributed by atoms with Gasteiger partial charge in [-0.1, -0.05) is 25.7 Å². The fourth-order valence-corrected chi connectivity index (χ4v) is 3.04. The number of rotatable bonds is 4. The first-order valence-corrected chi connectivity index (χ1v) is 8.24. The molecule has 1 fully saturated rings. The zero-order valence-electron chi connectivity index (χ0n) is 12.9. The highest BCUT2D eigenvalue weighted by atomic mass is 16.6. The van der Waals surface area contributed by atoms with Crippen molar-refractivity contribution < 1.29 is 14.3 Å². The number of ether oxygens (including phenoxy) is 2. The van der Waals surface area contributed by atoms with Gasteiger partial charge in [-0.05, 0) is 25.0 Å². The van der Waals surface area contributed by atoms with Crippen LogP contribution in [0.2, 0.25) is 0 Å². The van der Waals surface area contributed by atoms with Crippen LogP contribution in [-0.4, -0.2) is 31.7 Å². The molecule has 1 aromatic carbocycles. The third-order valence-electron chi connectivity index (χ3n) is 4.22. The molecule has 1 saturated carbocycles. The van der Waals surface area contributed by atoms with Crippen molar-refractivity contribution in [1.82, 2.24) is 5.32 Å². The van der Waals surface area contributed by atoms with E-state index in [1.165, 1.54) is 25.7 Å². The highest BCUT2D eigenvalue weighted by molar-refractivity contribution is 5.81. The molecule has 1 aromatic rings. The lowest BCUT2D eigenvalue weighted by Crippen LogP contribution is -2.38. The molecule has 1 heterocycles. The Morgan fingerprint density at radius 2 is 1.77 bits per heavy atom. The van der Waals surface area contributed by atoms with Gasteiger partial charge in [0, 0.05) is 17.8 Å². The Labute approximate surface area is 131 Å². The topological polar surface area (TPSA) is 59.6 Å². The first kappa shape index (κ1) is 15.0. The van der Waals surface area contributed by atoms with Crippen LogP contribution in [0.4, 0.5) is 5.69 Å². The highest BCUT2D eigenvalue weighted by Gasteiger charge is 2.15. The molecule has 1 aliphatic heterocycles. The fourth-order valence-electron chi connectivity index (χ4n) is 3.04. The Morgan fingerprint density at radius 3 is 2.55 bits per heavy atom. The van der Waals surface area contributed by atoms with Gasteiger partial charge in [0.15, 0.2) is 11.5 Å². The lowest BCUT2D eigenvalue weighted by atomic mass is 10.1. The molecule has 0 spiro atoms. The standard InChI is InChI=1S/C17H24N2O3/c20-17(19-13-5-3-1-2-4-6-13)12-18-14-7-8-15-16(11-14)22-10-9-21-15/h7-8,11,13,18H,1-6,9-10,12H2,(H,19,20). The normalized spacial score (nSPS) is 18.4. The summed E-state index contributed by atoms with van der Waals surface area (Å²) < 4.78 is 11.0. The highest BCUT2D eigenvalue weighted by Crippen LogP contribution is 2.32. The molecular formula is C17H24N2O3. The van der Waals surface area contributed by atoms with Crippen molar-refractivity contribution in [3.8, 4) is 11.5 Å². The molecule has 2 N–H and O–H groups in total. The summed E-state index contributed by atoms with van der Waals surface area (Å²) in [6.45, 7) is 1.44. The predicted molar refractivity (Wildman–Crippen MR) is 85.6 cm³/mol. The second-order valence-electron chi connectivity index (χ2n) is 5.97. The van der Waals surface area contributed by atoms with Crippen LogP contribution in [0.1, 0.15) is 38.5 Å². The van der Waals surface area contributed by atoms with E-state index in [-0.39, 0.29) is 12.5 Å². The largest absolute Gasteiger partial charge is 0.486 e. The van der Waals surface area contributed by atoms with Crippen LogP contribution < -0.4 is 20.1 Å². The molecule has 0 radical (unpaired) electrons. The zero-order chi connectivity index (χ0) is 15.2. The summed E-state index contributed by atoms with van der Waals surface area (Å²) in [5.41, 5.74) is 0.875. The molecular weight excluding hydrogens is 280 g/mol. The number of amides is 1. The van der Waals surface area contributed by atoms with E-state index in [0.717, 1.165) is 30.0 Å². The number of hydrogen-bond donors (Lipinski definition) is 2. The molecule has 120 valence electrons. The van der Waals surface area contributed by atoms with E-state index in [1.54, 1.807) is 0 Å². The van der Waals surface area contributed by atoms with Gasteiger partial charge >= 0.3 is 0 Å². The Kier molecular flexibility index (Phi) is 5.03. The van der Waals surface area contributed by atoms with Crippen LogP contribution in [-0.2, 0) is 4.79 Å². The van der Waals surface area contributed by atoms with Crippen LogP contribution in [0.25, 0.3) is 0 Å². The average Bonchev–Trinajstić information content (AvgIpc) is 2.81. The number of benzene rings is 1. The van der Waals surface area contributed by atoms with E-state index < -0.39 is 0 Å². The van der Waals surface area contributed by atoms with E-state index in [1.807, 2.05) is 18.2 Å². The molecule has 0 bridgehead atoms. The second-order valence-corrected chi connectivity index (χ2v) is 5.97. The van der Waals surface area contributed by atoms with Crippen molar-refractivity contribution >= 4 is 11.6 Å². The van der Waals surface area contributed by atoms with Crippen LogP contribution in [0.5, 0.6) is 11.5 Å². The number of carbonyl (C=O) groups excluding carboxylic acids is 1.